The Morgan fingerprint density at radius 3 is 1.48 bits per heavy atom. The van der Waals surface area contributed by atoms with Gasteiger partial charge in [-0.25, -0.2) is 0 Å². The van der Waals surface area contributed by atoms with Gasteiger partial charge in [-0.15, -0.1) is 6.58 Å². The summed E-state index contributed by atoms with van der Waals surface area (Å²) in [4.78, 5) is 0. The molecule has 0 radical (unpaired) electrons. The molecule has 1 nitrogen and oxygen atoms in total. The maximum atomic E-state index is 4.44. The first-order valence-electron chi connectivity index (χ1n) is 22.7. The lowest BCUT2D eigenvalue weighted by Gasteiger charge is -2.46. The molecule has 0 N–H and O–H groups in total. The quantitative estimate of drug-likeness (QED) is 0.0957. The Morgan fingerprint density at radius 2 is 1.00 bits per heavy atom. The maximum Gasteiger partial charge on any atom is 0.213 e. The van der Waals surface area contributed by atoms with E-state index in [0.29, 0.717) is 5.92 Å². The second-order valence-electron chi connectivity index (χ2n) is 17.5. The highest BCUT2D eigenvalue weighted by molar-refractivity contribution is 5.83. The Balaban J connectivity index is 0.884. The van der Waals surface area contributed by atoms with Crippen LogP contribution in [-0.2, 0) is 11.0 Å². The maximum absolute atomic E-state index is 4.44. The van der Waals surface area contributed by atoms with E-state index in [-0.39, 0.29) is 11.0 Å². The van der Waals surface area contributed by atoms with Crippen LogP contribution in [0.2, 0.25) is 0 Å². The molecule has 3 atom stereocenters. The number of allylic oxidation sites excluding steroid dienone is 5. The lowest BCUT2D eigenvalue weighted by atomic mass is 9.59. The molecule has 1 aliphatic heterocycles. The molecule has 0 bridgehead atoms. The molecule has 306 valence electrons. The van der Waals surface area contributed by atoms with Crippen molar-refractivity contribution in [3.8, 4) is 66.9 Å². The predicted octanol–water partition coefficient (Wildman–Crippen LogP) is 16.1. The van der Waals surface area contributed by atoms with E-state index in [0.717, 1.165) is 19.3 Å². The van der Waals surface area contributed by atoms with Crippen LogP contribution in [0.25, 0.3) is 72.5 Å². The van der Waals surface area contributed by atoms with Crippen LogP contribution in [0.1, 0.15) is 62.6 Å². The van der Waals surface area contributed by atoms with Crippen molar-refractivity contribution in [2.45, 2.75) is 56.9 Å². The molecule has 0 spiro atoms. The monoisotopic (exact) mass is 812 g/mol. The largest absolute Gasteiger partial charge is 0.213 e. The Labute approximate surface area is 374 Å². The van der Waals surface area contributed by atoms with E-state index in [1.165, 1.54) is 89.2 Å². The van der Waals surface area contributed by atoms with E-state index < -0.39 is 0 Å². The summed E-state index contributed by atoms with van der Waals surface area (Å²) in [5.74, 6) is 0.319. The minimum Gasteiger partial charge on any atom is -0.192 e. The first-order valence-corrected chi connectivity index (χ1v) is 22.7. The molecule has 0 amide bonds. The summed E-state index contributed by atoms with van der Waals surface area (Å²) in [6, 6.07) is 69.2. The molecule has 10 rings (SSSR count). The van der Waals surface area contributed by atoms with Gasteiger partial charge in [0.2, 0.25) is 5.69 Å². The average Bonchev–Trinajstić information content (AvgIpc) is 3.37. The smallest absolute Gasteiger partial charge is 0.192 e. The Hall–Kier alpha value is -7.09. The standard InChI is InChI=1S/C62H54N/c1-5-61(4)62(6-2,7-3)59-36-35-57(43-58(59)60-30-11-12-37-63(60)61)46-33-31-45(32-34-46)48-21-14-23-50(39-48)52-25-16-27-54(41-52)56-29-17-28-55(42-56)53-26-15-24-51(40-53)49-22-13-20-47(38-49)44-18-9-8-10-19-44/h6,8-33,35-43,46H,2,5,7,34H2,1,3-4H3/q+1. The number of aromatic nitrogens is 1. The van der Waals surface area contributed by atoms with E-state index >= 15 is 0 Å². The van der Waals surface area contributed by atoms with Crippen molar-refractivity contribution >= 4 is 5.57 Å². The molecule has 8 aromatic rings. The molecule has 1 aromatic heterocycles. The SMILES string of the molecule is C=CC1(CC)c2ccc(C3C=CC(c4cccc(-c5cccc(-c6cccc(-c7cccc(-c8cccc(-c9ccccc9)c8)c7)c6)c5)c4)=CC3)cc2-c2cccc[n+]2C1(C)CC. The third-order valence-corrected chi connectivity index (χ3v) is 14.4. The second kappa shape index (κ2) is 16.6. The van der Waals surface area contributed by atoms with Crippen molar-refractivity contribution in [3.05, 3.63) is 242 Å². The van der Waals surface area contributed by atoms with Gasteiger partial charge >= 0.3 is 0 Å². The molecular formula is C62H54N+. The van der Waals surface area contributed by atoms with Crippen molar-refractivity contribution in [2.24, 2.45) is 0 Å². The summed E-state index contributed by atoms with van der Waals surface area (Å²) in [6.45, 7) is 11.5. The van der Waals surface area contributed by atoms with E-state index in [9.17, 15) is 0 Å². The van der Waals surface area contributed by atoms with Crippen LogP contribution in [0.5, 0.6) is 0 Å². The minimum atomic E-state index is -0.150. The Morgan fingerprint density at radius 1 is 0.524 bits per heavy atom. The fraction of sp³-hybridized carbons (Fsp3) is 0.145. The van der Waals surface area contributed by atoms with Gasteiger partial charge in [-0.3, -0.25) is 0 Å². The fourth-order valence-electron chi connectivity index (χ4n) is 10.6. The zero-order chi connectivity index (χ0) is 43.0. The summed E-state index contributed by atoms with van der Waals surface area (Å²) in [5.41, 5.74) is 19.8. The molecule has 2 aliphatic rings. The third kappa shape index (κ3) is 7.12. The average molecular weight is 813 g/mol. The van der Waals surface area contributed by atoms with Crippen molar-refractivity contribution in [1.82, 2.24) is 0 Å². The van der Waals surface area contributed by atoms with Gasteiger partial charge in [-0.2, -0.15) is 4.57 Å². The van der Waals surface area contributed by atoms with E-state index in [1.54, 1.807) is 0 Å². The highest BCUT2D eigenvalue weighted by atomic mass is 15.1. The van der Waals surface area contributed by atoms with Gasteiger partial charge in [0.15, 0.2) is 11.7 Å². The third-order valence-electron chi connectivity index (χ3n) is 14.4. The zero-order valence-electron chi connectivity index (χ0n) is 36.6. The summed E-state index contributed by atoms with van der Waals surface area (Å²) >= 11 is 0. The van der Waals surface area contributed by atoms with Gasteiger partial charge < -0.3 is 0 Å². The summed E-state index contributed by atoms with van der Waals surface area (Å²) < 4.78 is 2.52. The highest BCUT2D eigenvalue weighted by Crippen LogP contribution is 2.51. The number of hydrogen-bond donors (Lipinski definition) is 0. The van der Waals surface area contributed by atoms with Gasteiger partial charge in [-0.05, 0) is 133 Å². The number of fused-ring (bicyclic) bond motifs is 3. The van der Waals surface area contributed by atoms with Crippen LogP contribution in [0.4, 0.5) is 0 Å². The Kier molecular flexibility index (Phi) is 10.6. The van der Waals surface area contributed by atoms with E-state index in [1.807, 2.05) is 0 Å². The van der Waals surface area contributed by atoms with Gasteiger partial charge in [-0.1, -0.05) is 172 Å². The van der Waals surface area contributed by atoms with Crippen LogP contribution in [0.3, 0.4) is 0 Å². The first-order chi connectivity index (χ1) is 30.9. The topological polar surface area (TPSA) is 3.88 Å². The van der Waals surface area contributed by atoms with Crippen LogP contribution < -0.4 is 4.57 Å². The predicted molar refractivity (Wildman–Crippen MR) is 266 cm³/mol. The number of benzene rings is 7. The molecule has 1 aliphatic carbocycles. The van der Waals surface area contributed by atoms with Crippen molar-refractivity contribution in [3.63, 3.8) is 0 Å². The molecule has 0 saturated heterocycles. The lowest BCUT2D eigenvalue weighted by molar-refractivity contribution is -0.763. The van der Waals surface area contributed by atoms with Gasteiger partial charge in [0, 0.05) is 31.4 Å². The van der Waals surface area contributed by atoms with Crippen molar-refractivity contribution < 1.29 is 4.57 Å². The molecule has 0 saturated carbocycles. The number of rotatable bonds is 10. The van der Waals surface area contributed by atoms with Gasteiger partial charge in [0.1, 0.15) is 0 Å². The van der Waals surface area contributed by atoms with Crippen LogP contribution in [0.15, 0.2) is 225 Å². The molecule has 7 aromatic carbocycles. The van der Waals surface area contributed by atoms with Crippen molar-refractivity contribution in [1.29, 1.82) is 0 Å². The Bertz CT molecular complexity index is 3060. The zero-order valence-corrected chi connectivity index (χ0v) is 36.6. The molecule has 0 fully saturated rings. The second-order valence-corrected chi connectivity index (χ2v) is 17.5. The van der Waals surface area contributed by atoms with Crippen molar-refractivity contribution in [2.75, 3.05) is 0 Å². The number of pyridine rings is 1. The number of hydrogen-bond acceptors (Lipinski definition) is 0. The summed E-state index contributed by atoms with van der Waals surface area (Å²) in [7, 11) is 0. The normalized spacial score (nSPS) is 18.8. The first kappa shape index (κ1) is 40.0. The number of nitrogens with zero attached hydrogens (tertiary/aromatic N) is 1. The van der Waals surface area contributed by atoms with Gasteiger partial charge in [0.25, 0.3) is 0 Å². The molecule has 63 heavy (non-hydrogen) atoms. The summed E-state index contributed by atoms with van der Waals surface area (Å²) in [6.07, 6.45) is 14.7. The lowest BCUT2D eigenvalue weighted by Crippen LogP contribution is -2.67. The molecule has 1 heteroatoms. The molecular weight excluding hydrogens is 759 g/mol. The van der Waals surface area contributed by atoms with Crippen LogP contribution in [0, 0.1) is 0 Å². The van der Waals surface area contributed by atoms with E-state index in [4.69, 9.17) is 0 Å². The molecule has 3 unspecified atom stereocenters. The van der Waals surface area contributed by atoms with Gasteiger partial charge in [0.05, 0.1) is 11.0 Å². The van der Waals surface area contributed by atoms with E-state index in [2.05, 4.69) is 250 Å². The van der Waals surface area contributed by atoms with Crippen LogP contribution >= 0.6 is 0 Å². The highest BCUT2D eigenvalue weighted by Gasteiger charge is 2.57. The summed E-state index contributed by atoms with van der Waals surface area (Å²) in [5, 5.41) is 0. The minimum absolute atomic E-state index is 0.0942. The molecule has 2 heterocycles. The fourth-order valence-corrected chi connectivity index (χ4v) is 10.6. The van der Waals surface area contributed by atoms with Crippen LogP contribution in [-0.4, -0.2) is 0 Å².